The molecule has 0 aromatic carbocycles. The van der Waals surface area contributed by atoms with E-state index in [0.29, 0.717) is 0 Å². The van der Waals surface area contributed by atoms with Gasteiger partial charge in [-0.1, -0.05) is 0 Å². The number of carboxylic acid groups (broad SMARTS) is 1. The van der Waals surface area contributed by atoms with E-state index in [4.69, 9.17) is 20.1 Å². The quantitative estimate of drug-likeness (QED) is 0.422. The standard InChI is InChI=1S/2C5H14NO.C2H4O2.BrH.ClH/c2*1-6(2,3)4-5-7;1-2(3)4;;/h2*7H,4-5H2,1-3H3;1H3,(H,3,4);2*1H/q2*+1;;;/p-2. The van der Waals surface area contributed by atoms with Crippen molar-refractivity contribution in [3.63, 3.8) is 0 Å². The van der Waals surface area contributed by atoms with Gasteiger partial charge in [0.15, 0.2) is 0 Å². The van der Waals surface area contributed by atoms with Gasteiger partial charge >= 0.3 is 0 Å². The summed E-state index contributed by atoms with van der Waals surface area (Å²) in [6.45, 7) is 3.31. The first kappa shape index (κ1) is 32.1. The molecule has 0 radical (unpaired) electrons. The highest BCUT2D eigenvalue weighted by Crippen LogP contribution is 1.85. The third-order valence-electron chi connectivity index (χ3n) is 1.54. The second-order valence-electron chi connectivity index (χ2n) is 5.99. The van der Waals surface area contributed by atoms with Crippen LogP contribution in [0.4, 0.5) is 0 Å². The average Bonchev–Trinajstić information content (AvgIpc) is 1.97. The molecular weight excluding hydrogens is 351 g/mol. The van der Waals surface area contributed by atoms with Crippen LogP contribution in [0.5, 0.6) is 0 Å². The highest BCUT2D eigenvalue weighted by molar-refractivity contribution is 5.62. The summed E-state index contributed by atoms with van der Waals surface area (Å²) < 4.78 is 1.69. The molecule has 0 aliphatic rings. The lowest BCUT2D eigenvalue weighted by molar-refractivity contribution is -0.870. The zero-order valence-corrected chi connectivity index (χ0v) is 16.1. The molecule has 0 atom stereocenters. The van der Waals surface area contributed by atoms with Crippen molar-refractivity contribution in [1.29, 1.82) is 0 Å². The maximum absolute atomic E-state index is 9.00. The smallest absolute Gasteiger partial charge is 0.300 e. The molecule has 0 aliphatic carbocycles. The zero-order valence-electron chi connectivity index (χ0n) is 13.7. The minimum absolute atomic E-state index is 0. The molecule has 0 fully saturated rings. The van der Waals surface area contributed by atoms with Gasteiger partial charge in [-0.2, -0.15) is 0 Å². The van der Waals surface area contributed by atoms with E-state index in [1.54, 1.807) is 0 Å². The molecule has 0 unspecified atom stereocenters. The molecule has 0 heterocycles. The minimum atomic E-state index is -0.833. The maximum Gasteiger partial charge on any atom is 0.300 e. The number of aliphatic hydroxyl groups excluding tert-OH is 2. The Labute approximate surface area is 140 Å². The Morgan fingerprint density at radius 1 is 0.850 bits per heavy atom. The molecule has 0 saturated heterocycles. The Kier molecular flexibility index (Phi) is 27.5. The van der Waals surface area contributed by atoms with Gasteiger partial charge in [-0.3, -0.25) is 4.79 Å². The van der Waals surface area contributed by atoms with Crippen LogP contribution in [0.25, 0.3) is 0 Å². The van der Waals surface area contributed by atoms with E-state index >= 15 is 0 Å². The van der Waals surface area contributed by atoms with Crippen LogP contribution < -0.4 is 29.4 Å². The van der Waals surface area contributed by atoms with Crippen molar-refractivity contribution >= 4 is 5.97 Å². The van der Waals surface area contributed by atoms with E-state index in [-0.39, 0.29) is 42.6 Å². The van der Waals surface area contributed by atoms with Crippen LogP contribution in [0.3, 0.4) is 0 Å². The number of carboxylic acids is 1. The van der Waals surface area contributed by atoms with Gasteiger partial charge in [0.1, 0.15) is 13.1 Å². The molecule has 3 N–H and O–H groups in total. The molecule has 8 heteroatoms. The highest BCUT2D eigenvalue weighted by Gasteiger charge is 2.02. The van der Waals surface area contributed by atoms with Crippen molar-refractivity contribution in [2.24, 2.45) is 0 Å². The van der Waals surface area contributed by atoms with E-state index in [1.165, 1.54) is 0 Å². The van der Waals surface area contributed by atoms with Crippen molar-refractivity contribution in [2.45, 2.75) is 6.92 Å². The molecule has 0 bridgehead atoms. The number of carbonyl (C=O) groups is 1. The first-order valence-electron chi connectivity index (χ1n) is 5.88. The van der Waals surface area contributed by atoms with E-state index in [0.717, 1.165) is 29.0 Å². The molecule has 0 amide bonds. The summed E-state index contributed by atoms with van der Waals surface area (Å²) in [6.07, 6.45) is 0. The first-order valence-corrected chi connectivity index (χ1v) is 5.88. The summed E-state index contributed by atoms with van der Waals surface area (Å²) in [5.41, 5.74) is 0. The fraction of sp³-hybridized carbons (Fsp3) is 0.917. The molecular formula is C12H32BrClN2O4. The molecule has 0 aliphatic heterocycles. The van der Waals surface area contributed by atoms with Crippen LogP contribution in [0.2, 0.25) is 0 Å². The fourth-order valence-corrected chi connectivity index (χ4v) is 0.600. The Hall–Kier alpha value is 0.0800. The van der Waals surface area contributed by atoms with Gasteiger partial charge in [-0.05, 0) is 0 Å². The molecule has 0 spiro atoms. The largest absolute Gasteiger partial charge is 1.00 e. The van der Waals surface area contributed by atoms with E-state index in [1.807, 2.05) is 0 Å². The molecule has 0 saturated carbocycles. The summed E-state index contributed by atoms with van der Waals surface area (Å²) in [5, 5.41) is 24.2. The summed E-state index contributed by atoms with van der Waals surface area (Å²) in [4.78, 5) is 9.00. The van der Waals surface area contributed by atoms with Crippen LogP contribution in [0, 0.1) is 0 Å². The van der Waals surface area contributed by atoms with Gasteiger partial charge in [0.25, 0.3) is 5.97 Å². The molecule has 20 heavy (non-hydrogen) atoms. The highest BCUT2D eigenvalue weighted by atomic mass is 79.9. The number of rotatable bonds is 4. The number of likely N-dealkylation sites (N-methyl/N-ethyl adjacent to an activating group) is 2. The number of nitrogens with zero attached hydrogens (tertiary/aromatic N) is 2. The van der Waals surface area contributed by atoms with Crippen LogP contribution in [-0.2, 0) is 4.79 Å². The number of quaternary nitrogens is 2. The van der Waals surface area contributed by atoms with E-state index < -0.39 is 5.97 Å². The Morgan fingerprint density at radius 2 is 1.00 bits per heavy atom. The third-order valence-corrected chi connectivity index (χ3v) is 1.54. The van der Waals surface area contributed by atoms with Crippen molar-refractivity contribution in [1.82, 2.24) is 0 Å². The minimum Gasteiger partial charge on any atom is -1.00 e. The normalized spacial score (nSPS) is 9.65. The van der Waals surface area contributed by atoms with Gasteiger partial charge in [-0.25, -0.2) is 0 Å². The Balaban J connectivity index is -0.0000000555. The second-order valence-corrected chi connectivity index (χ2v) is 5.99. The predicted molar refractivity (Wildman–Crippen MR) is 73.3 cm³/mol. The second kappa shape index (κ2) is 17.1. The number of hydrogen-bond donors (Lipinski definition) is 3. The molecule has 128 valence electrons. The summed E-state index contributed by atoms with van der Waals surface area (Å²) in [7, 11) is 12.3. The van der Waals surface area contributed by atoms with Crippen LogP contribution in [0.1, 0.15) is 6.92 Å². The van der Waals surface area contributed by atoms with Gasteiger partial charge in [0, 0.05) is 6.92 Å². The lowest BCUT2D eigenvalue weighted by Gasteiger charge is -2.21. The molecule has 6 nitrogen and oxygen atoms in total. The summed E-state index contributed by atoms with van der Waals surface area (Å²) >= 11 is 0. The van der Waals surface area contributed by atoms with Crippen molar-refractivity contribution in [3.8, 4) is 0 Å². The van der Waals surface area contributed by atoms with Crippen LogP contribution in [-0.4, -0.2) is 98.8 Å². The third kappa shape index (κ3) is 80.8. The van der Waals surface area contributed by atoms with E-state index in [2.05, 4.69) is 42.3 Å². The van der Waals surface area contributed by atoms with Crippen molar-refractivity contribution in [3.05, 3.63) is 0 Å². The zero-order chi connectivity index (χ0) is 15.4. The number of hydrogen-bond acceptors (Lipinski definition) is 3. The SMILES string of the molecule is CC(=O)O.C[N+](C)(C)CCO.C[N+](C)(C)CCO.[Br-].[Cl-]. The topological polar surface area (TPSA) is 77.8 Å². The van der Waals surface area contributed by atoms with Gasteiger partial charge in [0.2, 0.25) is 0 Å². The van der Waals surface area contributed by atoms with Crippen molar-refractivity contribution in [2.75, 3.05) is 68.6 Å². The van der Waals surface area contributed by atoms with Crippen molar-refractivity contribution < 1.29 is 58.5 Å². The molecule has 0 aromatic rings. The lowest BCUT2D eigenvalue weighted by Crippen LogP contribution is -3.00. The Morgan fingerprint density at radius 3 is 1.00 bits per heavy atom. The number of aliphatic carboxylic acids is 1. The maximum atomic E-state index is 9.00. The van der Waals surface area contributed by atoms with E-state index in [9.17, 15) is 0 Å². The molecule has 0 aromatic heterocycles. The van der Waals surface area contributed by atoms with Crippen LogP contribution >= 0.6 is 0 Å². The van der Waals surface area contributed by atoms with Gasteiger partial charge in [0.05, 0.1) is 55.5 Å². The lowest BCUT2D eigenvalue weighted by atomic mass is 10.5. The monoisotopic (exact) mass is 382 g/mol. The van der Waals surface area contributed by atoms with Gasteiger partial charge < -0.3 is 53.7 Å². The summed E-state index contributed by atoms with van der Waals surface area (Å²) in [5.74, 6) is -0.833. The number of halogens is 2. The average molecular weight is 384 g/mol. The number of aliphatic hydroxyl groups is 2. The van der Waals surface area contributed by atoms with Crippen LogP contribution in [0.15, 0.2) is 0 Å². The Bertz CT molecular complexity index is 187. The van der Waals surface area contributed by atoms with Gasteiger partial charge in [-0.15, -0.1) is 0 Å². The molecule has 0 rings (SSSR count). The first-order chi connectivity index (χ1) is 7.85. The summed E-state index contributed by atoms with van der Waals surface area (Å²) in [6, 6.07) is 0. The fourth-order valence-electron chi connectivity index (χ4n) is 0.600. The predicted octanol–water partition coefficient (Wildman–Crippen LogP) is -6.53.